The first-order valence-corrected chi connectivity index (χ1v) is 14.4. The molecule has 0 atom stereocenters. The topological polar surface area (TPSA) is 6.48 Å². The fraction of sp³-hybridized carbons (Fsp3) is 0.625. The molecule has 2 heteroatoms. The molecule has 0 spiro atoms. The van der Waals surface area contributed by atoms with Crippen LogP contribution in [0.15, 0.2) is 48.5 Å². The van der Waals surface area contributed by atoms with Crippen molar-refractivity contribution in [1.29, 1.82) is 0 Å². The minimum atomic E-state index is 1.17. The van der Waals surface area contributed by atoms with Crippen molar-refractivity contribution in [3.8, 4) is 11.1 Å². The van der Waals surface area contributed by atoms with Crippen LogP contribution in [0.3, 0.4) is 0 Å². The van der Waals surface area contributed by atoms with E-state index in [1.54, 1.807) is 0 Å². The largest absolute Gasteiger partial charge is 0.372 e. The molecule has 0 unspecified atom stereocenters. The van der Waals surface area contributed by atoms with Gasteiger partial charge in [-0.15, -0.1) is 0 Å². The molecule has 0 saturated carbocycles. The summed E-state index contributed by atoms with van der Waals surface area (Å²) in [7, 11) is 0. The molecule has 2 aromatic carbocycles. The van der Waals surface area contributed by atoms with Gasteiger partial charge in [-0.3, -0.25) is 0 Å². The van der Waals surface area contributed by atoms with Crippen molar-refractivity contribution in [2.75, 3.05) is 36.0 Å². The first-order valence-electron chi connectivity index (χ1n) is 14.4. The lowest BCUT2D eigenvalue weighted by Crippen LogP contribution is -2.26. The zero-order chi connectivity index (χ0) is 24.4. The molecule has 0 saturated heterocycles. The first kappa shape index (κ1) is 28.3. The number of nitrogens with zero attached hydrogens (tertiary/aromatic N) is 2. The standard InChI is InChI=1S/C32H52N2/c1-5-9-13-23-33(24-14-10-6-2)31-21-17-19-29(27-31)30-20-18-22-32(28-30)34(25-15-11-7-3)26-16-12-8-4/h17-22,27-28H,5-16,23-26H2,1-4H3. The van der Waals surface area contributed by atoms with E-state index in [1.165, 1.54) is 126 Å². The summed E-state index contributed by atoms with van der Waals surface area (Å²) in [5, 5.41) is 0. The van der Waals surface area contributed by atoms with Gasteiger partial charge >= 0.3 is 0 Å². The number of anilines is 2. The predicted octanol–water partition coefficient (Wildman–Crippen LogP) is 9.73. The molecule has 0 amide bonds. The first-order chi connectivity index (χ1) is 16.7. The number of hydrogen-bond acceptors (Lipinski definition) is 2. The molecule has 0 bridgehead atoms. The van der Waals surface area contributed by atoms with Gasteiger partial charge in [-0.25, -0.2) is 0 Å². The lowest BCUT2D eigenvalue weighted by Gasteiger charge is -2.26. The molecule has 2 nitrogen and oxygen atoms in total. The lowest BCUT2D eigenvalue weighted by molar-refractivity contribution is 0.636. The quantitative estimate of drug-likeness (QED) is 0.191. The van der Waals surface area contributed by atoms with Gasteiger partial charge < -0.3 is 9.80 Å². The van der Waals surface area contributed by atoms with Gasteiger partial charge in [-0.2, -0.15) is 0 Å². The van der Waals surface area contributed by atoms with Crippen LogP contribution in [0, 0.1) is 0 Å². The van der Waals surface area contributed by atoms with Crippen LogP contribution in [0.2, 0.25) is 0 Å². The van der Waals surface area contributed by atoms with Crippen molar-refractivity contribution in [2.24, 2.45) is 0 Å². The Bertz CT molecular complexity index is 684. The van der Waals surface area contributed by atoms with Crippen molar-refractivity contribution in [1.82, 2.24) is 0 Å². The molecule has 0 aliphatic rings. The van der Waals surface area contributed by atoms with Crippen molar-refractivity contribution >= 4 is 11.4 Å². The second-order valence-corrected chi connectivity index (χ2v) is 9.90. The molecule has 34 heavy (non-hydrogen) atoms. The molecule has 2 rings (SSSR count). The third-order valence-electron chi connectivity index (χ3n) is 6.88. The normalized spacial score (nSPS) is 11.1. The molecule has 0 heterocycles. The molecule has 190 valence electrons. The smallest absolute Gasteiger partial charge is 0.0372 e. The average molecular weight is 465 g/mol. The lowest BCUT2D eigenvalue weighted by atomic mass is 10.0. The van der Waals surface area contributed by atoms with Gasteiger partial charge in [0, 0.05) is 37.6 Å². The molecule has 0 aliphatic carbocycles. The Morgan fingerprint density at radius 3 is 1.06 bits per heavy atom. The van der Waals surface area contributed by atoms with Crippen LogP contribution in [0.25, 0.3) is 11.1 Å². The van der Waals surface area contributed by atoms with Crippen LogP contribution in [-0.2, 0) is 0 Å². The second-order valence-electron chi connectivity index (χ2n) is 9.90. The maximum absolute atomic E-state index is 2.63. The number of benzene rings is 2. The van der Waals surface area contributed by atoms with Gasteiger partial charge in [0.15, 0.2) is 0 Å². The Morgan fingerprint density at radius 2 is 0.765 bits per heavy atom. The van der Waals surface area contributed by atoms with Gasteiger partial charge in [0.05, 0.1) is 0 Å². The molecular weight excluding hydrogens is 412 g/mol. The summed E-state index contributed by atoms with van der Waals surface area (Å²) in [4.78, 5) is 5.25. The van der Waals surface area contributed by atoms with Crippen molar-refractivity contribution in [3.63, 3.8) is 0 Å². The van der Waals surface area contributed by atoms with E-state index in [2.05, 4.69) is 86.0 Å². The Kier molecular flexibility index (Phi) is 14.5. The summed E-state index contributed by atoms with van der Waals surface area (Å²) in [5.41, 5.74) is 5.46. The molecular formula is C32H52N2. The molecule has 0 aliphatic heterocycles. The molecule has 0 fully saturated rings. The molecule has 0 N–H and O–H groups in total. The van der Waals surface area contributed by atoms with Gasteiger partial charge in [-0.05, 0) is 61.1 Å². The fourth-order valence-electron chi connectivity index (χ4n) is 4.72. The van der Waals surface area contributed by atoms with E-state index < -0.39 is 0 Å². The van der Waals surface area contributed by atoms with Crippen LogP contribution < -0.4 is 9.80 Å². The Balaban J connectivity index is 2.21. The van der Waals surface area contributed by atoms with E-state index >= 15 is 0 Å². The summed E-state index contributed by atoms with van der Waals surface area (Å²) in [6, 6.07) is 18.6. The highest BCUT2D eigenvalue weighted by molar-refractivity contribution is 5.72. The summed E-state index contributed by atoms with van der Waals surface area (Å²) in [6.45, 7) is 13.9. The zero-order valence-electron chi connectivity index (χ0n) is 22.8. The molecule has 0 aromatic heterocycles. The number of unbranched alkanes of at least 4 members (excludes halogenated alkanes) is 8. The van der Waals surface area contributed by atoms with Gasteiger partial charge in [0.2, 0.25) is 0 Å². The minimum absolute atomic E-state index is 1.17. The van der Waals surface area contributed by atoms with Gasteiger partial charge in [-0.1, -0.05) is 103 Å². The summed E-state index contributed by atoms with van der Waals surface area (Å²) in [5.74, 6) is 0. The highest BCUT2D eigenvalue weighted by Crippen LogP contribution is 2.29. The molecule has 2 aromatic rings. The van der Waals surface area contributed by atoms with Crippen molar-refractivity contribution in [2.45, 2.75) is 105 Å². The maximum Gasteiger partial charge on any atom is 0.0372 e. The monoisotopic (exact) mass is 464 g/mol. The highest BCUT2D eigenvalue weighted by Gasteiger charge is 2.10. The third kappa shape index (κ3) is 10.1. The minimum Gasteiger partial charge on any atom is -0.372 e. The highest BCUT2D eigenvalue weighted by atomic mass is 15.1. The van der Waals surface area contributed by atoms with E-state index in [1.807, 2.05) is 0 Å². The summed E-state index contributed by atoms with van der Waals surface area (Å²) < 4.78 is 0. The van der Waals surface area contributed by atoms with E-state index in [0.717, 1.165) is 0 Å². The Labute approximate surface area is 211 Å². The van der Waals surface area contributed by atoms with Crippen LogP contribution in [-0.4, -0.2) is 26.2 Å². The van der Waals surface area contributed by atoms with Crippen LogP contribution in [0.5, 0.6) is 0 Å². The van der Waals surface area contributed by atoms with Crippen LogP contribution >= 0.6 is 0 Å². The number of hydrogen-bond donors (Lipinski definition) is 0. The predicted molar refractivity (Wildman–Crippen MR) is 154 cm³/mol. The fourth-order valence-corrected chi connectivity index (χ4v) is 4.72. The van der Waals surface area contributed by atoms with Crippen LogP contribution in [0.4, 0.5) is 11.4 Å². The van der Waals surface area contributed by atoms with Gasteiger partial charge in [0.1, 0.15) is 0 Å². The Morgan fingerprint density at radius 1 is 0.441 bits per heavy atom. The zero-order valence-corrected chi connectivity index (χ0v) is 22.8. The van der Waals surface area contributed by atoms with Crippen LogP contribution in [0.1, 0.15) is 105 Å². The summed E-state index contributed by atoms with van der Waals surface area (Å²) >= 11 is 0. The summed E-state index contributed by atoms with van der Waals surface area (Å²) in [6.07, 6.45) is 15.5. The maximum atomic E-state index is 2.63. The molecule has 0 radical (unpaired) electrons. The van der Waals surface area contributed by atoms with Crippen molar-refractivity contribution < 1.29 is 0 Å². The van der Waals surface area contributed by atoms with Gasteiger partial charge in [0.25, 0.3) is 0 Å². The van der Waals surface area contributed by atoms with E-state index in [0.29, 0.717) is 0 Å². The second kappa shape index (κ2) is 17.5. The Hall–Kier alpha value is -1.96. The van der Waals surface area contributed by atoms with E-state index in [-0.39, 0.29) is 0 Å². The van der Waals surface area contributed by atoms with E-state index in [4.69, 9.17) is 0 Å². The van der Waals surface area contributed by atoms with E-state index in [9.17, 15) is 0 Å². The third-order valence-corrected chi connectivity index (χ3v) is 6.88. The average Bonchev–Trinajstić information content (AvgIpc) is 2.87. The van der Waals surface area contributed by atoms with Crippen molar-refractivity contribution in [3.05, 3.63) is 48.5 Å². The SMILES string of the molecule is CCCCCN(CCCCC)c1cccc(-c2cccc(N(CCCCC)CCCCC)c2)c1. The number of rotatable bonds is 19.